The Morgan fingerprint density at radius 2 is 2.00 bits per heavy atom. The van der Waals surface area contributed by atoms with Crippen LogP contribution in [0.15, 0.2) is 28.7 Å². The number of hydrogen-bond acceptors (Lipinski definition) is 2. The van der Waals surface area contributed by atoms with E-state index in [1.165, 1.54) is 0 Å². The van der Waals surface area contributed by atoms with Gasteiger partial charge < -0.3 is 4.74 Å². The van der Waals surface area contributed by atoms with Gasteiger partial charge in [-0.2, -0.15) is 5.10 Å². The smallest absolute Gasteiger partial charge is 0.133 e. The van der Waals surface area contributed by atoms with E-state index in [2.05, 4.69) is 21.0 Å². The Morgan fingerprint density at radius 1 is 1.35 bits per heavy atom. The van der Waals surface area contributed by atoms with Crippen molar-refractivity contribution in [1.29, 1.82) is 0 Å². The average molecular weight is 316 g/mol. The molecule has 2 rings (SSSR count). The van der Waals surface area contributed by atoms with Crippen LogP contribution in [0.2, 0.25) is 5.15 Å². The fourth-order valence-electron chi connectivity index (χ4n) is 1.52. The quantitative estimate of drug-likeness (QED) is 0.863. The van der Waals surface area contributed by atoms with Crippen LogP contribution >= 0.6 is 27.5 Å². The second kappa shape index (κ2) is 5.10. The minimum Gasteiger partial charge on any atom is -0.489 e. The minimum atomic E-state index is 0.431. The van der Waals surface area contributed by atoms with Crippen molar-refractivity contribution in [1.82, 2.24) is 9.78 Å². The van der Waals surface area contributed by atoms with Gasteiger partial charge in [0.25, 0.3) is 0 Å². The molecule has 0 N–H and O–H groups in total. The third-order valence-corrected chi connectivity index (χ3v) is 3.47. The Labute approximate surface area is 113 Å². The van der Waals surface area contributed by atoms with Crippen molar-refractivity contribution in [3.05, 3.63) is 45.1 Å². The van der Waals surface area contributed by atoms with Crippen LogP contribution < -0.4 is 4.74 Å². The van der Waals surface area contributed by atoms with Crippen molar-refractivity contribution >= 4 is 27.5 Å². The summed E-state index contributed by atoms with van der Waals surface area (Å²) in [6, 6.07) is 7.69. The van der Waals surface area contributed by atoms with Crippen molar-refractivity contribution in [2.75, 3.05) is 0 Å². The number of benzene rings is 1. The molecule has 2 aromatic rings. The molecule has 0 saturated carbocycles. The fraction of sp³-hybridized carbons (Fsp3) is 0.250. The Morgan fingerprint density at radius 3 is 2.53 bits per heavy atom. The van der Waals surface area contributed by atoms with Gasteiger partial charge in [0.05, 0.1) is 5.69 Å². The number of rotatable bonds is 3. The standard InChI is InChI=1S/C12H12BrClN2O/c1-8-11(12(14)16(2)15-8)7-17-10-5-3-9(13)4-6-10/h3-6H,7H2,1-2H3. The zero-order valence-corrected chi connectivity index (χ0v) is 11.9. The summed E-state index contributed by atoms with van der Waals surface area (Å²) >= 11 is 9.50. The maximum absolute atomic E-state index is 6.12. The molecule has 0 bridgehead atoms. The van der Waals surface area contributed by atoms with Crippen molar-refractivity contribution < 1.29 is 4.74 Å². The van der Waals surface area contributed by atoms with Gasteiger partial charge in [0.15, 0.2) is 0 Å². The van der Waals surface area contributed by atoms with E-state index < -0.39 is 0 Å². The lowest BCUT2D eigenvalue weighted by Crippen LogP contribution is -1.97. The van der Waals surface area contributed by atoms with Crippen LogP contribution in [0.5, 0.6) is 5.75 Å². The van der Waals surface area contributed by atoms with Crippen LogP contribution in [0.4, 0.5) is 0 Å². The van der Waals surface area contributed by atoms with Gasteiger partial charge in [-0.25, -0.2) is 0 Å². The molecule has 90 valence electrons. The van der Waals surface area contributed by atoms with Crippen LogP contribution in [-0.4, -0.2) is 9.78 Å². The zero-order chi connectivity index (χ0) is 12.4. The van der Waals surface area contributed by atoms with Gasteiger partial charge in [-0.1, -0.05) is 27.5 Å². The molecular formula is C12H12BrClN2O. The van der Waals surface area contributed by atoms with Gasteiger partial charge >= 0.3 is 0 Å². The van der Waals surface area contributed by atoms with Crippen molar-refractivity contribution in [3.63, 3.8) is 0 Å². The Balaban J connectivity index is 2.09. The molecule has 0 atom stereocenters. The first-order chi connectivity index (χ1) is 8.08. The second-order valence-corrected chi connectivity index (χ2v) is 4.99. The number of halogens is 2. The Kier molecular flexibility index (Phi) is 3.74. The van der Waals surface area contributed by atoms with Gasteiger partial charge in [-0.15, -0.1) is 0 Å². The molecule has 0 saturated heterocycles. The monoisotopic (exact) mass is 314 g/mol. The number of aromatic nitrogens is 2. The van der Waals surface area contributed by atoms with Gasteiger partial charge in [0.1, 0.15) is 17.5 Å². The first-order valence-electron chi connectivity index (χ1n) is 5.14. The topological polar surface area (TPSA) is 27.1 Å². The third-order valence-electron chi connectivity index (χ3n) is 2.47. The van der Waals surface area contributed by atoms with Crippen LogP contribution in [-0.2, 0) is 13.7 Å². The van der Waals surface area contributed by atoms with E-state index in [0.717, 1.165) is 21.5 Å². The molecule has 17 heavy (non-hydrogen) atoms. The van der Waals surface area contributed by atoms with Crippen LogP contribution in [0.1, 0.15) is 11.3 Å². The molecule has 0 aliphatic rings. The maximum atomic E-state index is 6.12. The van der Waals surface area contributed by atoms with Crippen LogP contribution in [0.25, 0.3) is 0 Å². The summed E-state index contributed by atoms with van der Waals surface area (Å²) in [5, 5.41) is 4.86. The summed E-state index contributed by atoms with van der Waals surface area (Å²) in [5.74, 6) is 0.813. The normalized spacial score (nSPS) is 10.6. The van der Waals surface area contributed by atoms with E-state index in [1.807, 2.05) is 38.2 Å². The summed E-state index contributed by atoms with van der Waals surface area (Å²) in [5.41, 5.74) is 1.83. The highest BCUT2D eigenvalue weighted by molar-refractivity contribution is 9.10. The lowest BCUT2D eigenvalue weighted by molar-refractivity contribution is 0.305. The minimum absolute atomic E-state index is 0.431. The van der Waals surface area contributed by atoms with E-state index in [1.54, 1.807) is 4.68 Å². The van der Waals surface area contributed by atoms with E-state index in [-0.39, 0.29) is 0 Å². The summed E-state index contributed by atoms with van der Waals surface area (Å²) in [7, 11) is 1.82. The molecule has 0 spiro atoms. The SMILES string of the molecule is Cc1nn(C)c(Cl)c1COc1ccc(Br)cc1. The predicted octanol–water partition coefficient (Wildman–Crippen LogP) is 3.72. The summed E-state index contributed by atoms with van der Waals surface area (Å²) in [4.78, 5) is 0. The number of hydrogen-bond donors (Lipinski definition) is 0. The molecule has 0 fully saturated rings. The van der Waals surface area contributed by atoms with Crippen LogP contribution in [0.3, 0.4) is 0 Å². The Bertz CT molecular complexity index is 522. The number of aryl methyl sites for hydroxylation is 2. The van der Waals surface area contributed by atoms with Gasteiger partial charge in [0.2, 0.25) is 0 Å². The first-order valence-corrected chi connectivity index (χ1v) is 6.31. The van der Waals surface area contributed by atoms with Crippen molar-refractivity contribution in [2.24, 2.45) is 7.05 Å². The van der Waals surface area contributed by atoms with Crippen LogP contribution in [0, 0.1) is 6.92 Å². The van der Waals surface area contributed by atoms with E-state index in [9.17, 15) is 0 Å². The lowest BCUT2D eigenvalue weighted by Gasteiger charge is -2.05. The van der Waals surface area contributed by atoms with Crippen molar-refractivity contribution in [3.8, 4) is 5.75 Å². The largest absolute Gasteiger partial charge is 0.489 e. The molecule has 0 aliphatic carbocycles. The van der Waals surface area contributed by atoms with E-state index in [4.69, 9.17) is 16.3 Å². The highest BCUT2D eigenvalue weighted by Gasteiger charge is 2.11. The van der Waals surface area contributed by atoms with Gasteiger partial charge in [-0.3, -0.25) is 4.68 Å². The second-order valence-electron chi connectivity index (χ2n) is 3.72. The Hall–Kier alpha value is -1.000. The first kappa shape index (κ1) is 12.5. The third kappa shape index (κ3) is 2.82. The van der Waals surface area contributed by atoms with Crippen molar-refractivity contribution in [2.45, 2.75) is 13.5 Å². The number of nitrogens with zero attached hydrogens (tertiary/aromatic N) is 2. The predicted molar refractivity (Wildman–Crippen MR) is 71.4 cm³/mol. The molecule has 3 nitrogen and oxygen atoms in total. The molecule has 0 aliphatic heterocycles. The van der Waals surface area contributed by atoms with Gasteiger partial charge in [0, 0.05) is 17.1 Å². The maximum Gasteiger partial charge on any atom is 0.133 e. The molecular weight excluding hydrogens is 304 g/mol. The summed E-state index contributed by atoms with van der Waals surface area (Å²) in [6.07, 6.45) is 0. The lowest BCUT2D eigenvalue weighted by atomic mass is 10.3. The fourth-order valence-corrected chi connectivity index (χ4v) is 2.02. The number of ether oxygens (including phenoxy) is 1. The molecule has 0 radical (unpaired) electrons. The van der Waals surface area contributed by atoms with Gasteiger partial charge in [-0.05, 0) is 31.2 Å². The molecule has 0 amide bonds. The highest BCUT2D eigenvalue weighted by atomic mass is 79.9. The zero-order valence-electron chi connectivity index (χ0n) is 9.58. The van der Waals surface area contributed by atoms with E-state index in [0.29, 0.717) is 11.8 Å². The molecule has 1 heterocycles. The summed E-state index contributed by atoms with van der Waals surface area (Å²) in [6.45, 7) is 2.35. The van der Waals surface area contributed by atoms with E-state index >= 15 is 0 Å². The highest BCUT2D eigenvalue weighted by Crippen LogP contribution is 2.22. The molecule has 1 aromatic carbocycles. The summed E-state index contributed by atoms with van der Waals surface area (Å²) < 4.78 is 8.34. The average Bonchev–Trinajstić information content (AvgIpc) is 2.54. The molecule has 1 aromatic heterocycles. The molecule has 0 unspecified atom stereocenters. The molecule has 5 heteroatoms.